The lowest BCUT2D eigenvalue weighted by Gasteiger charge is -2.21. The van der Waals surface area contributed by atoms with Crippen LogP contribution in [0.4, 0.5) is 0 Å². The van der Waals surface area contributed by atoms with Gasteiger partial charge >= 0.3 is 0 Å². The van der Waals surface area contributed by atoms with E-state index < -0.39 is 0 Å². The van der Waals surface area contributed by atoms with E-state index in [4.69, 9.17) is 10.2 Å². The molecule has 2 aromatic heterocycles. The maximum absolute atomic E-state index is 12.9. The Balaban J connectivity index is 1.78. The smallest absolute Gasteiger partial charge is 0.261 e. The van der Waals surface area contributed by atoms with Gasteiger partial charge in [0.05, 0.1) is 28.7 Å². The summed E-state index contributed by atoms with van der Waals surface area (Å²) >= 11 is 0. The molecule has 0 saturated carbocycles. The molecule has 3 heterocycles. The molecule has 0 amide bonds. The van der Waals surface area contributed by atoms with Crippen LogP contribution in [0.2, 0.25) is 0 Å². The van der Waals surface area contributed by atoms with Gasteiger partial charge in [-0.15, -0.1) is 0 Å². The van der Waals surface area contributed by atoms with Gasteiger partial charge in [0.25, 0.3) is 5.56 Å². The average molecular weight is 345 g/mol. The predicted octanol–water partition coefficient (Wildman–Crippen LogP) is 2.23. The highest BCUT2D eigenvalue weighted by atomic mass is 16.1. The van der Waals surface area contributed by atoms with Gasteiger partial charge in [-0.05, 0) is 31.2 Å². The molecule has 4 rings (SSSR count). The second kappa shape index (κ2) is 6.70. The Morgan fingerprint density at radius 1 is 1.19 bits per heavy atom. The molecule has 6 nitrogen and oxygen atoms in total. The van der Waals surface area contributed by atoms with Gasteiger partial charge in [-0.25, -0.2) is 4.98 Å². The molecule has 0 radical (unpaired) electrons. The number of hydrogen-bond acceptors (Lipinski definition) is 5. The van der Waals surface area contributed by atoms with Crippen molar-refractivity contribution in [3.05, 3.63) is 58.8 Å². The molecule has 1 aliphatic heterocycles. The molecule has 0 spiro atoms. The predicted molar refractivity (Wildman–Crippen MR) is 99.6 cm³/mol. The highest BCUT2D eigenvalue weighted by Gasteiger charge is 2.20. The van der Waals surface area contributed by atoms with Crippen LogP contribution in [-0.2, 0) is 13.0 Å². The molecule has 1 aromatic carbocycles. The number of hydrogen-bond donors (Lipinski definition) is 0. The van der Waals surface area contributed by atoms with Crippen molar-refractivity contribution in [3.8, 4) is 17.3 Å². The maximum Gasteiger partial charge on any atom is 0.261 e. The third-order valence-electron chi connectivity index (χ3n) is 4.96. The fourth-order valence-corrected chi connectivity index (χ4v) is 3.43. The van der Waals surface area contributed by atoms with Crippen LogP contribution in [0.15, 0.2) is 47.4 Å². The van der Waals surface area contributed by atoms with E-state index in [9.17, 15) is 4.79 Å². The molecule has 1 unspecified atom stereocenters. The van der Waals surface area contributed by atoms with Crippen molar-refractivity contribution in [2.24, 2.45) is 0 Å². The van der Waals surface area contributed by atoms with Gasteiger partial charge in [0.1, 0.15) is 5.82 Å². The SMILES string of the molecule is CC(C#N)N1CCc2nc3cc(-c4ccccn4)ccc3c(=O)n2CC1. The number of rotatable bonds is 2. The Morgan fingerprint density at radius 2 is 2.08 bits per heavy atom. The van der Waals surface area contributed by atoms with Gasteiger partial charge in [-0.3, -0.25) is 19.2 Å². The van der Waals surface area contributed by atoms with E-state index >= 15 is 0 Å². The van der Waals surface area contributed by atoms with Crippen molar-refractivity contribution >= 4 is 10.9 Å². The minimum absolute atomic E-state index is 0.0102. The molecule has 3 aromatic rings. The number of nitriles is 1. The first-order valence-electron chi connectivity index (χ1n) is 8.76. The average Bonchev–Trinajstić information content (AvgIpc) is 2.91. The molecule has 0 N–H and O–H groups in total. The maximum atomic E-state index is 12.9. The molecule has 130 valence electrons. The van der Waals surface area contributed by atoms with Crippen molar-refractivity contribution in [1.82, 2.24) is 19.4 Å². The van der Waals surface area contributed by atoms with Crippen molar-refractivity contribution in [2.75, 3.05) is 13.1 Å². The van der Waals surface area contributed by atoms with Gasteiger partial charge in [0.15, 0.2) is 0 Å². The Bertz CT molecular complexity index is 1050. The van der Waals surface area contributed by atoms with Gasteiger partial charge in [0, 0.05) is 37.8 Å². The van der Waals surface area contributed by atoms with Crippen molar-refractivity contribution in [3.63, 3.8) is 0 Å². The fourth-order valence-electron chi connectivity index (χ4n) is 3.43. The van der Waals surface area contributed by atoms with E-state index in [1.807, 2.05) is 43.3 Å². The number of benzene rings is 1. The van der Waals surface area contributed by atoms with E-state index in [0.29, 0.717) is 30.4 Å². The number of aromatic nitrogens is 3. The number of nitrogens with zero attached hydrogens (tertiary/aromatic N) is 5. The Labute approximate surface area is 151 Å². The minimum Gasteiger partial charge on any atom is -0.295 e. The van der Waals surface area contributed by atoms with E-state index in [0.717, 1.165) is 23.6 Å². The van der Waals surface area contributed by atoms with Crippen LogP contribution < -0.4 is 5.56 Å². The summed E-state index contributed by atoms with van der Waals surface area (Å²) in [5.41, 5.74) is 2.50. The van der Waals surface area contributed by atoms with Crippen LogP contribution in [0.25, 0.3) is 22.2 Å². The van der Waals surface area contributed by atoms with E-state index in [1.165, 1.54) is 0 Å². The first-order chi connectivity index (χ1) is 12.7. The Morgan fingerprint density at radius 3 is 2.85 bits per heavy atom. The third kappa shape index (κ3) is 2.87. The van der Waals surface area contributed by atoms with Gasteiger partial charge in [-0.1, -0.05) is 12.1 Å². The molecule has 6 heteroatoms. The highest BCUT2D eigenvalue weighted by Crippen LogP contribution is 2.21. The number of pyridine rings is 1. The van der Waals surface area contributed by atoms with Crippen LogP contribution in [0, 0.1) is 11.3 Å². The van der Waals surface area contributed by atoms with Crippen molar-refractivity contribution in [1.29, 1.82) is 5.26 Å². The summed E-state index contributed by atoms with van der Waals surface area (Å²) in [6.07, 6.45) is 2.41. The highest BCUT2D eigenvalue weighted by molar-refractivity contribution is 5.83. The summed E-state index contributed by atoms with van der Waals surface area (Å²) in [5.74, 6) is 0.785. The van der Waals surface area contributed by atoms with Gasteiger partial charge in [-0.2, -0.15) is 5.26 Å². The first-order valence-corrected chi connectivity index (χ1v) is 8.76. The summed E-state index contributed by atoms with van der Waals surface area (Å²) in [6, 6.07) is 13.6. The van der Waals surface area contributed by atoms with Crippen LogP contribution in [0.5, 0.6) is 0 Å². The zero-order chi connectivity index (χ0) is 18.1. The van der Waals surface area contributed by atoms with Crippen molar-refractivity contribution in [2.45, 2.75) is 25.9 Å². The van der Waals surface area contributed by atoms with Crippen LogP contribution in [-0.4, -0.2) is 38.6 Å². The Hall–Kier alpha value is -3.04. The lowest BCUT2D eigenvalue weighted by atomic mass is 10.1. The van der Waals surface area contributed by atoms with Gasteiger partial charge in [0.2, 0.25) is 0 Å². The summed E-state index contributed by atoms with van der Waals surface area (Å²) in [5, 5.41) is 9.78. The summed E-state index contributed by atoms with van der Waals surface area (Å²) in [7, 11) is 0. The molecule has 0 bridgehead atoms. The monoisotopic (exact) mass is 345 g/mol. The standard InChI is InChI=1S/C20H19N5O/c1-14(13-21)24-9-7-19-23-18-12-15(17-4-2-3-8-22-17)5-6-16(18)20(26)25(19)11-10-24/h2-6,8,12,14H,7,9-11H2,1H3. The minimum atomic E-state index is -0.162. The molecular formula is C20H19N5O. The largest absolute Gasteiger partial charge is 0.295 e. The molecule has 1 atom stereocenters. The molecule has 0 saturated heterocycles. The van der Waals surface area contributed by atoms with E-state index in [-0.39, 0.29) is 11.6 Å². The number of fused-ring (bicyclic) bond motifs is 2. The van der Waals surface area contributed by atoms with Gasteiger partial charge < -0.3 is 0 Å². The molecule has 0 fully saturated rings. The molecule has 0 aliphatic carbocycles. The second-order valence-corrected chi connectivity index (χ2v) is 6.52. The topological polar surface area (TPSA) is 74.8 Å². The van der Waals surface area contributed by atoms with Crippen molar-refractivity contribution < 1.29 is 0 Å². The van der Waals surface area contributed by atoms with E-state index in [1.54, 1.807) is 10.8 Å². The molecular weight excluding hydrogens is 326 g/mol. The lowest BCUT2D eigenvalue weighted by molar-refractivity contribution is 0.251. The molecule has 1 aliphatic rings. The summed E-state index contributed by atoms with van der Waals surface area (Å²) in [4.78, 5) is 24.2. The summed E-state index contributed by atoms with van der Waals surface area (Å²) < 4.78 is 1.76. The lowest BCUT2D eigenvalue weighted by Crippen LogP contribution is -2.35. The first kappa shape index (κ1) is 16.4. The quantitative estimate of drug-likeness (QED) is 0.712. The normalized spacial score (nSPS) is 15.8. The zero-order valence-corrected chi connectivity index (χ0v) is 14.6. The van der Waals surface area contributed by atoms with Crippen LogP contribution >= 0.6 is 0 Å². The fraction of sp³-hybridized carbons (Fsp3) is 0.300. The van der Waals surface area contributed by atoms with E-state index in [2.05, 4.69) is 16.0 Å². The summed E-state index contributed by atoms with van der Waals surface area (Å²) in [6.45, 7) is 3.86. The Kier molecular flexibility index (Phi) is 4.23. The van der Waals surface area contributed by atoms with Crippen LogP contribution in [0.1, 0.15) is 12.7 Å². The zero-order valence-electron chi connectivity index (χ0n) is 14.6. The van der Waals surface area contributed by atoms with Crippen LogP contribution in [0.3, 0.4) is 0 Å². The molecule has 26 heavy (non-hydrogen) atoms. The second-order valence-electron chi connectivity index (χ2n) is 6.52. The third-order valence-corrected chi connectivity index (χ3v) is 4.96.